The minimum atomic E-state index is -5.67. The molecule has 0 spiro atoms. The van der Waals surface area contributed by atoms with Gasteiger partial charge in [-0.15, -0.1) is 0 Å². The van der Waals surface area contributed by atoms with E-state index in [9.17, 15) is 41.7 Å². The fraction of sp³-hybridized carbons (Fsp3) is 0.500. The van der Waals surface area contributed by atoms with Crippen LogP contribution in [0.1, 0.15) is 44.6 Å². The lowest BCUT2D eigenvalue weighted by Crippen LogP contribution is -2.36. The summed E-state index contributed by atoms with van der Waals surface area (Å²) in [6, 6.07) is 5.28. The van der Waals surface area contributed by atoms with Crippen molar-refractivity contribution >= 4 is 23.3 Å². The first kappa shape index (κ1) is 27.9. The molecule has 0 aromatic heterocycles. The molecule has 2 unspecified atom stereocenters. The van der Waals surface area contributed by atoms with Gasteiger partial charge in [0, 0.05) is 35.9 Å². The fourth-order valence-electron chi connectivity index (χ4n) is 3.76. The zero-order valence-electron chi connectivity index (χ0n) is 19.0. The number of alkyl halides is 5. The monoisotopic (exact) mass is 506 g/mol. The molecule has 13 heteroatoms. The zero-order valence-corrected chi connectivity index (χ0v) is 19.0. The minimum Gasteiger partial charge on any atom is -0.468 e. The molecule has 0 bridgehead atoms. The highest BCUT2D eigenvalue weighted by atomic mass is 19.4. The summed E-state index contributed by atoms with van der Waals surface area (Å²) in [6.07, 6.45) is -7.96. The van der Waals surface area contributed by atoms with Crippen LogP contribution >= 0.6 is 0 Å². The highest BCUT2D eigenvalue weighted by Crippen LogP contribution is 2.41. The fourth-order valence-corrected chi connectivity index (χ4v) is 3.76. The van der Waals surface area contributed by atoms with E-state index in [0.717, 1.165) is 7.11 Å². The predicted octanol–water partition coefficient (Wildman–Crippen LogP) is 5.13. The first-order chi connectivity index (χ1) is 16.2. The summed E-state index contributed by atoms with van der Waals surface area (Å²) < 4.78 is 72.8. The molecular weight excluding hydrogens is 483 g/mol. The van der Waals surface area contributed by atoms with Gasteiger partial charge in [0.25, 0.3) is 5.69 Å². The predicted molar refractivity (Wildman–Crippen MR) is 113 cm³/mol. The first-order valence-corrected chi connectivity index (χ1v) is 10.4. The lowest BCUT2D eigenvalue weighted by molar-refractivity contribution is -0.384. The third-order valence-electron chi connectivity index (χ3n) is 5.48. The lowest BCUT2D eigenvalue weighted by Gasteiger charge is -2.31. The molecular formula is C22H23F5N2O6. The van der Waals surface area contributed by atoms with Gasteiger partial charge >= 0.3 is 24.0 Å². The van der Waals surface area contributed by atoms with Gasteiger partial charge in [0.15, 0.2) is 0 Å². The van der Waals surface area contributed by atoms with Crippen molar-refractivity contribution < 1.29 is 45.9 Å². The number of unbranched alkanes of at least 4 members (excludes halogenated alkanes) is 1. The molecule has 35 heavy (non-hydrogen) atoms. The van der Waals surface area contributed by atoms with E-state index in [4.69, 9.17) is 9.47 Å². The number of benzene rings is 1. The lowest BCUT2D eigenvalue weighted by atomic mass is 9.75. The quantitative estimate of drug-likeness (QED) is 0.151. The van der Waals surface area contributed by atoms with Crippen LogP contribution in [0, 0.1) is 16.0 Å². The number of aliphatic imine (C=N–C) groups is 1. The average Bonchev–Trinajstić information content (AvgIpc) is 2.76. The van der Waals surface area contributed by atoms with Gasteiger partial charge in [0.2, 0.25) is 0 Å². The number of nitrogens with zero attached hydrogens (tertiary/aromatic N) is 2. The second kappa shape index (κ2) is 10.9. The Morgan fingerprint density at radius 2 is 1.80 bits per heavy atom. The number of hydrogen-bond acceptors (Lipinski definition) is 7. The molecule has 2 rings (SSSR count). The van der Waals surface area contributed by atoms with Crippen molar-refractivity contribution in [1.29, 1.82) is 0 Å². The van der Waals surface area contributed by atoms with Gasteiger partial charge in [-0.3, -0.25) is 19.9 Å². The molecule has 1 aromatic rings. The van der Waals surface area contributed by atoms with Gasteiger partial charge in [-0.2, -0.15) is 22.0 Å². The number of allylic oxidation sites excluding steroid dienone is 1. The maximum Gasteiger partial charge on any atom is 0.453 e. The van der Waals surface area contributed by atoms with Gasteiger partial charge in [-0.05, 0) is 32.3 Å². The number of carbonyl (C=O) groups is 2. The molecule has 0 saturated heterocycles. The van der Waals surface area contributed by atoms with Crippen LogP contribution in [0.5, 0.6) is 0 Å². The van der Waals surface area contributed by atoms with Crippen LogP contribution in [0.15, 0.2) is 40.5 Å². The Balaban J connectivity index is 2.28. The highest BCUT2D eigenvalue weighted by molar-refractivity contribution is 6.07. The second-order valence-electron chi connectivity index (χ2n) is 7.88. The van der Waals surface area contributed by atoms with E-state index in [-0.39, 0.29) is 34.7 Å². The van der Waals surface area contributed by atoms with Gasteiger partial charge in [0.05, 0.1) is 24.2 Å². The molecule has 0 saturated carbocycles. The van der Waals surface area contributed by atoms with E-state index < -0.39 is 60.2 Å². The second-order valence-corrected chi connectivity index (χ2v) is 7.88. The van der Waals surface area contributed by atoms with Crippen LogP contribution in [0.4, 0.5) is 27.6 Å². The van der Waals surface area contributed by atoms with E-state index in [2.05, 4.69) is 4.99 Å². The summed E-state index contributed by atoms with van der Waals surface area (Å²) in [4.78, 5) is 40.3. The van der Waals surface area contributed by atoms with Crippen molar-refractivity contribution in [2.45, 2.75) is 51.1 Å². The number of halogens is 5. The van der Waals surface area contributed by atoms with Crippen molar-refractivity contribution in [1.82, 2.24) is 0 Å². The Morgan fingerprint density at radius 1 is 1.14 bits per heavy atom. The number of rotatable bonds is 9. The molecule has 1 aliphatic heterocycles. The first-order valence-electron chi connectivity index (χ1n) is 10.4. The molecule has 0 N–H and O–H groups in total. The Hall–Kier alpha value is -3.38. The Kier molecular flexibility index (Phi) is 8.69. The van der Waals surface area contributed by atoms with Gasteiger partial charge in [0.1, 0.15) is 5.92 Å². The van der Waals surface area contributed by atoms with E-state index in [1.165, 1.54) is 38.1 Å². The average molecular weight is 506 g/mol. The maximum absolute atomic E-state index is 13.0. The SMILES string of the molecule is COC(=O)C1C(C)=NC(C)=C(C(=O)OCCCCC(F)(F)C(F)(F)F)C1c1cccc([N+](=O)[O-])c1. The molecule has 0 radical (unpaired) electrons. The smallest absolute Gasteiger partial charge is 0.453 e. The molecule has 8 nitrogen and oxygen atoms in total. The summed E-state index contributed by atoms with van der Waals surface area (Å²) in [7, 11) is 1.13. The molecule has 1 aromatic carbocycles. The Labute approximate surface area is 197 Å². The maximum atomic E-state index is 13.0. The molecule has 2 atom stereocenters. The number of hydrogen-bond donors (Lipinski definition) is 0. The van der Waals surface area contributed by atoms with Gasteiger partial charge in [-0.1, -0.05) is 12.1 Å². The number of esters is 2. The van der Waals surface area contributed by atoms with E-state index in [1.54, 1.807) is 0 Å². The number of ether oxygens (including phenoxy) is 2. The largest absolute Gasteiger partial charge is 0.468 e. The number of nitro benzene ring substituents is 1. The number of non-ortho nitro benzene ring substituents is 1. The van der Waals surface area contributed by atoms with Crippen molar-refractivity contribution in [3.05, 3.63) is 51.2 Å². The van der Waals surface area contributed by atoms with Crippen LogP contribution in [0.2, 0.25) is 0 Å². The van der Waals surface area contributed by atoms with Crippen LogP contribution in [0.3, 0.4) is 0 Å². The van der Waals surface area contributed by atoms with E-state index in [1.807, 2.05) is 0 Å². The van der Waals surface area contributed by atoms with Crippen LogP contribution in [-0.4, -0.2) is 48.4 Å². The normalized spacial score (nSPS) is 18.7. The Bertz CT molecular complexity index is 1050. The van der Waals surface area contributed by atoms with Crippen molar-refractivity contribution in [3.63, 3.8) is 0 Å². The van der Waals surface area contributed by atoms with Crippen LogP contribution < -0.4 is 0 Å². The van der Waals surface area contributed by atoms with Gasteiger partial charge in [-0.25, -0.2) is 4.79 Å². The van der Waals surface area contributed by atoms with Crippen molar-refractivity contribution in [2.24, 2.45) is 10.9 Å². The minimum absolute atomic E-state index is 0.105. The summed E-state index contributed by atoms with van der Waals surface area (Å²) in [5, 5.41) is 11.2. The van der Waals surface area contributed by atoms with Crippen molar-refractivity contribution in [3.8, 4) is 0 Å². The topological polar surface area (TPSA) is 108 Å². The standard InChI is InChI=1S/C22H23F5N2O6/c1-12-16(19(30)34-3)18(14-7-6-8-15(11-14)29(32)33)17(13(2)28-12)20(31)35-10-5-4-9-21(23,24)22(25,26)27/h6-8,11,16,18H,4-5,9-10H2,1-3H3. The summed E-state index contributed by atoms with van der Waals surface area (Å²) in [5.74, 6) is -8.77. The zero-order chi connectivity index (χ0) is 26.6. The summed E-state index contributed by atoms with van der Waals surface area (Å²) in [6.45, 7) is 2.52. The number of methoxy groups -OCH3 is 1. The third-order valence-corrected chi connectivity index (χ3v) is 5.48. The van der Waals surface area contributed by atoms with Crippen LogP contribution in [0.25, 0.3) is 0 Å². The van der Waals surface area contributed by atoms with E-state index in [0.29, 0.717) is 0 Å². The number of nitro groups is 1. The Morgan fingerprint density at radius 3 is 2.37 bits per heavy atom. The molecule has 192 valence electrons. The summed E-state index contributed by atoms with van der Waals surface area (Å²) >= 11 is 0. The molecule has 0 fully saturated rings. The molecule has 1 heterocycles. The third kappa shape index (κ3) is 6.40. The highest BCUT2D eigenvalue weighted by Gasteiger charge is 2.56. The molecule has 0 amide bonds. The molecule has 0 aliphatic carbocycles. The summed E-state index contributed by atoms with van der Waals surface area (Å²) in [5.41, 5.74) is 0.291. The van der Waals surface area contributed by atoms with Crippen LogP contribution in [-0.2, 0) is 19.1 Å². The molecule has 1 aliphatic rings. The number of carbonyl (C=O) groups excluding carboxylic acids is 2. The van der Waals surface area contributed by atoms with Gasteiger partial charge < -0.3 is 9.47 Å². The van der Waals surface area contributed by atoms with Crippen molar-refractivity contribution in [2.75, 3.05) is 13.7 Å². The van der Waals surface area contributed by atoms with E-state index >= 15 is 0 Å².